The van der Waals surface area contributed by atoms with E-state index < -0.39 is 5.25 Å². The Hall–Kier alpha value is -2.74. The quantitative estimate of drug-likeness (QED) is 0.877. The molecule has 1 saturated heterocycles. The third-order valence-corrected chi connectivity index (χ3v) is 4.65. The van der Waals surface area contributed by atoms with Gasteiger partial charge in [0.25, 0.3) is 5.95 Å². The monoisotopic (exact) mass is 355 g/mol. The Morgan fingerprint density at radius 1 is 1.32 bits per heavy atom. The summed E-state index contributed by atoms with van der Waals surface area (Å²) in [5, 5.41) is 5.41. The zero-order valence-electron chi connectivity index (χ0n) is 13.8. The van der Waals surface area contributed by atoms with Gasteiger partial charge in [-0.1, -0.05) is 23.9 Å². The fraction of sp³-hybridized carbons (Fsp3) is 0.235. The Morgan fingerprint density at radius 2 is 2.08 bits per heavy atom. The largest absolute Gasteiger partial charge is 0.326 e. The van der Waals surface area contributed by atoms with E-state index in [4.69, 9.17) is 0 Å². The number of benzene rings is 1. The van der Waals surface area contributed by atoms with Gasteiger partial charge in [-0.3, -0.25) is 9.59 Å². The van der Waals surface area contributed by atoms with Crippen molar-refractivity contribution < 1.29 is 9.59 Å². The van der Waals surface area contributed by atoms with Crippen LogP contribution in [0.25, 0.3) is 0 Å². The maximum atomic E-state index is 12.3. The van der Waals surface area contributed by atoms with Gasteiger partial charge in [0, 0.05) is 24.5 Å². The summed E-state index contributed by atoms with van der Waals surface area (Å²) in [5.41, 5.74) is 2.80. The van der Waals surface area contributed by atoms with Gasteiger partial charge in [-0.25, -0.2) is 9.97 Å². The lowest BCUT2D eigenvalue weighted by Crippen LogP contribution is -2.28. The Balaban J connectivity index is 1.63. The van der Waals surface area contributed by atoms with Gasteiger partial charge in [-0.05, 0) is 37.1 Å². The van der Waals surface area contributed by atoms with Crippen LogP contribution in [-0.2, 0) is 9.59 Å². The zero-order chi connectivity index (χ0) is 17.8. The summed E-state index contributed by atoms with van der Waals surface area (Å²) in [7, 11) is 0. The van der Waals surface area contributed by atoms with Crippen molar-refractivity contribution in [3.8, 4) is 0 Å². The Labute approximate surface area is 149 Å². The van der Waals surface area contributed by atoms with Crippen LogP contribution >= 0.6 is 11.8 Å². The molecule has 1 fully saturated rings. The summed E-state index contributed by atoms with van der Waals surface area (Å²) in [6.07, 6.45) is 3.21. The van der Waals surface area contributed by atoms with Crippen LogP contribution in [0.2, 0.25) is 0 Å². The standard InChI is InChI=1S/C17H17N5O2S/c1-10-4-5-11(2)12(8-10)20-14(23)9-13-15(24)21-17(25-13)22-16-18-6-3-7-19-16/h3-8,13H,9H2,1-2H3,(H,20,23)(H,18,19,21,22,24). The second-order valence-corrected chi connectivity index (χ2v) is 6.82. The highest BCUT2D eigenvalue weighted by Crippen LogP contribution is 2.25. The number of aromatic nitrogens is 2. The van der Waals surface area contributed by atoms with Crippen molar-refractivity contribution in [2.45, 2.75) is 25.5 Å². The number of carbonyl (C=O) groups excluding carboxylic acids is 2. The van der Waals surface area contributed by atoms with E-state index in [1.54, 1.807) is 18.5 Å². The smallest absolute Gasteiger partial charge is 0.251 e. The molecule has 1 aliphatic heterocycles. The highest BCUT2D eigenvalue weighted by Gasteiger charge is 2.32. The molecule has 0 bridgehead atoms. The van der Waals surface area contributed by atoms with E-state index in [-0.39, 0.29) is 24.2 Å². The summed E-state index contributed by atoms with van der Waals surface area (Å²) in [5.74, 6) is -0.180. The second-order valence-electron chi connectivity index (χ2n) is 5.63. The SMILES string of the molecule is Cc1ccc(C)c(NC(=O)CC2S/C(=N\c3ncccn3)NC2=O)c1. The predicted molar refractivity (Wildman–Crippen MR) is 97.8 cm³/mol. The lowest BCUT2D eigenvalue weighted by Gasteiger charge is -2.10. The van der Waals surface area contributed by atoms with Gasteiger partial charge in [-0.15, -0.1) is 0 Å². The number of aliphatic imine (C=N–C) groups is 1. The highest BCUT2D eigenvalue weighted by molar-refractivity contribution is 8.15. The molecule has 2 N–H and O–H groups in total. The minimum Gasteiger partial charge on any atom is -0.326 e. The van der Waals surface area contributed by atoms with Crippen LogP contribution < -0.4 is 10.6 Å². The maximum Gasteiger partial charge on any atom is 0.251 e. The fourth-order valence-corrected chi connectivity index (χ4v) is 3.24. The van der Waals surface area contributed by atoms with Crippen molar-refractivity contribution in [1.82, 2.24) is 15.3 Å². The Morgan fingerprint density at radius 3 is 2.84 bits per heavy atom. The molecule has 0 aliphatic carbocycles. The van der Waals surface area contributed by atoms with E-state index in [0.717, 1.165) is 16.8 Å². The minimum atomic E-state index is -0.521. The van der Waals surface area contributed by atoms with Crippen LogP contribution in [0.5, 0.6) is 0 Å². The summed E-state index contributed by atoms with van der Waals surface area (Å²) >= 11 is 1.21. The average molecular weight is 355 g/mol. The number of carbonyl (C=O) groups is 2. The van der Waals surface area contributed by atoms with Gasteiger partial charge >= 0.3 is 0 Å². The van der Waals surface area contributed by atoms with Crippen molar-refractivity contribution in [2.24, 2.45) is 4.99 Å². The Kier molecular flexibility index (Phi) is 5.08. The van der Waals surface area contributed by atoms with E-state index in [9.17, 15) is 9.59 Å². The van der Waals surface area contributed by atoms with Crippen LogP contribution in [0.4, 0.5) is 11.6 Å². The number of nitrogens with zero attached hydrogens (tertiary/aromatic N) is 3. The molecule has 0 radical (unpaired) electrons. The second kappa shape index (κ2) is 7.43. The molecule has 3 rings (SSSR count). The first-order valence-electron chi connectivity index (χ1n) is 7.71. The van der Waals surface area contributed by atoms with Gasteiger partial charge in [0.15, 0.2) is 5.17 Å². The summed E-state index contributed by atoms with van der Waals surface area (Å²) < 4.78 is 0. The van der Waals surface area contributed by atoms with E-state index in [2.05, 4.69) is 25.6 Å². The molecule has 25 heavy (non-hydrogen) atoms. The lowest BCUT2D eigenvalue weighted by molar-refractivity contribution is -0.122. The third kappa shape index (κ3) is 4.42. The molecule has 2 amide bonds. The summed E-state index contributed by atoms with van der Waals surface area (Å²) in [4.78, 5) is 36.5. The van der Waals surface area contributed by atoms with Gasteiger partial charge < -0.3 is 10.6 Å². The third-order valence-electron chi connectivity index (χ3n) is 3.57. The normalized spacial score (nSPS) is 18.2. The van der Waals surface area contributed by atoms with Gasteiger partial charge in [0.05, 0.1) is 0 Å². The van der Waals surface area contributed by atoms with Crippen LogP contribution in [0.15, 0.2) is 41.7 Å². The molecule has 0 saturated carbocycles. The number of amidine groups is 1. The molecule has 8 heteroatoms. The van der Waals surface area contributed by atoms with E-state index in [0.29, 0.717) is 5.17 Å². The first-order valence-corrected chi connectivity index (χ1v) is 8.59. The predicted octanol–water partition coefficient (Wildman–Crippen LogP) is 2.34. The van der Waals surface area contributed by atoms with E-state index in [1.807, 2.05) is 32.0 Å². The number of amides is 2. The number of nitrogens with one attached hydrogen (secondary N) is 2. The maximum absolute atomic E-state index is 12.3. The highest BCUT2D eigenvalue weighted by atomic mass is 32.2. The number of hydrogen-bond donors (Lipinski definition) is 2. The van der Waals surface area contributed by atoms with Crippen molar-refractivity contribution in [3.05, 3.63) is 47.8 Å². The van der Waals surface area contributed by atoms with E-state index >= 15 is 0 Å². The first-order chi connectivity index (χ1) is 12.0. The molecule has 7 nitrogen and oxygen atoms in total. The van der Waals surface area contributed by atoms with E-state index in [1.165, 1.54) is 11.8 Å². The molecule has 1 aliphatic rings. The topological polar surface area (TPSA) is 96.3 Å². The number of rotatable bonds is 4. The van der Waals surface area contributed by atoms with Gasteiger partial charge in [-0.2, -0.15) is 4.99 Å². The molecule has 1 atom stereocenters. The lowest BCUT2D eigenvalue weighted by atomic mass is 10.1. The number of anilines is 1. The molecule has 1 aromatic carbocycles. The van der Waals surface area contributed by atoms with Crippen LogP contribution in [0.1, 0.15) is 17.5 Å². The minimum absolute atomic E-state index is 0.0680. The molecule has 128 valence electrons. The Bertz CT molecular complexity index is 838. The first kappa shape index (κ1) is 17.1. The molecular weight excluding hydrogens is 338 g/mol. The van der Waals surface area contributed by atoms with Crippen LogP contribution in [-0.4, -0.2) is 32.2 Å². The summed E-state index contributed by atoms with van der Waals surface area (Å²) in [6.45, 7) is 3.89. The molecular formula is C17H17N5O2S. The zero-order valence-corrected chi connectivity index (χ0v) is 14.6. The molecule has 2 heterocycles. The van der Waals surface area contributed by atoms with Crippen molar-refractivity contribution in [2.75, 3.05) is 5.32 Å². The fourth-order valence-electron chi connectivity index (χ4n) is 2.27. The van der Waals surface area contributed by atoms with Crippen LogP contribution in [0, 0.1) is 13.8 Å². The number of hydrogen-bond acceptors (Lipinski definition) is 6. The number of aryl methyl sites for hydroxylation is 2. The van der Waals surface area contributed by atoms with Crippen molar-refractivity contribution >= 4 is 40.4 Å². The molecule has 1 unspecified atom stereocenters. The molecule has 0 spiro atoms. The van der Waals surface area contributed by atoms with Gasteiger partial charge in [0.1, 0.15) is 5.25 Å². The average Bonchev–Trinajstić information content (AvgIpc) is 2.91. The van der Waals surface area contributed by atoms with Crippen molar-refractivity contribution in [1.29, 1.82) is 0 Å². The molecule has 2 aromatic rings. The van der Waals surface area contributed by atoms with Crippen molar-refractivity contribution in [3.63, 3.8) is 0 Å². The summed E-state index contributed by atoms with van der Waals surface area (Å²) in [6, 6.07) is 7.53. The molecule has 1 aromatic heterocycles. The van der Waals surface area contributed by atoms with Gasteiger partial charge in [0.2, 0.25) is 11.8 Å². The van der Waals surface area contributed by atoms with Crippen LogP contribution in [0.3, 0.4) is 0 Å². The number of thioether (sulfide) groups is 1.